The van der Waals surface area contributed by atoms with E-state index < -0.39 is 0 Å². The van der Waals surface area contributed by atoms with Crippen molar-refractivity contribution < 1.29 is 9.53 Å². The van der Waals surface area contributed by atoms with Crippen molar-refractivity contribution >= 4 is 23.0 Å². The molecule has 0 atom stereocenters. The number of carbonyl (C=O) groups is 1. The zero-order chi connectivity index (χ0) is 19.1. The molecule has 3 aromatic rings. The number of hydrogen-bond acceptors (Lipinski definition) is 4. The monoisotopic (exact) mass is 380 g/mol. The summed E-state index contributed by atoms with van der Waals surface area (Å²) in [6, 6.07) is 9.46. The van der Waals surface area contributed by atoms with Crippen molar-refractivity contribution in [3.63, 3.8) is 0 Å². The van der Waals surface area contributed by atoms with Gasteiger partial charge in [-0.1, -0.05) is 17.7 Å². The van der Waals surface area contributed by atoms with Crippen LogP contribution in [0.5, 0.6) is 11.5 Å². The average Bonchev–Trinajstić information content (AvgIpc) is 2.95. The minimum absolute atomic E-state index is 0.0745. The van der Waals surface area contributed by atoms with Gasteiger partial charge in [-0.3, -0.25) is 4.79 Å². The van der Waals surface area contributed by atoms with Gasteiger partial charge in [-0.15, -0.1) is 0 Å². The number of likely N-dealkylation sites (tertiary alicyclic amines) is 1. The van der Waals surface area contributed by atoms with Gasteiger partial charge in [-0.2, -0.15) is 10.4 Å². The van der Waals surface area contributed by atoms with Gasteiger partial charge in [-0.25, -0.2) is 4.52 Å². The Morgan fingerprint density at radius 1 is 1.33 bits per heavy atom. The molecule has 136 valence electrons. The van der Waals surface area contributed by atoms with Crippen molar-refractivity contribution in [2.75, 3.05) is 13.1 Å². The minimum atomic E-state index is -0.0890. The fourth-order valence-electron chi connectivity index (χ4n) is 3.18. The van der Waals surface area contributed by atoms with Crippen LogP contribution in [0.3, 0.4) is 0 Å². The molecule has 0 N–H and O–H groups in total. The Hall–Kier alpha value is -3.04. The van der Waals surface area contributed by atoms with Crippen LogP contribution in [0.2, 0.25) is 5.02 Å². The van der Waals surface area contributed by atoms with Gasteiger partial charge in [0.15, 0.2) is 5.75 Å². The third-order valence-corrected chi connectivity index (χ3v) is 5.25. The molecule has 3 heterocycles. The molecule has 1 aliphatic heterocycles. The Balaban J connectivity index is 1.69. The molecule has 0 radical (unpaired) electrons. The van der Waals surface area contributed by atoms with Crippen LogP contribution >= 0.6 is 11.6 Å². The van der Waals surface area contributed by atoms with Crippen LogP contribution in [-0.4, -0.2) is 33.5 Å². The molecular weight excluding hydrogens is 364 g/mol. The van der Waals surface area contributed by atoms with E-state index in [1.54, 1.807) is 33.9 Å². The smallest absolute Gasteiger partial charge is 0.255 e. The molecule has 27 heavy (non-hydrogen) atoms. The van der Waals surface area contributed by atoms with E-state index in [1.165, 1.54) is 0 Å². The van der Waals surface area contributed by atoms with Gasteiger partial charge in [0.2, 0.25) is 0 Å². The molecule has 1 fully saturated rings. The van der Waals surface area contributed by atoms with Gasteiger partial charge < -0.3 is 9.64 Å². The highest BCUT2D eigenvalue weighted by molar-refractivity contribution is 6.31. The lowest BCUT2D eigenvalue weighted by molar-refractivity contribution is 0.0576. The number of carbonyl (C=O) groups excluding carboxylic acids is 1. The second kappa shape index (κ2) is 6.60. The lowest BCUT2D eigenvalue weighted by Crippen LogP contribution is -2.49. The standard InChI is InChI=1S/C20H17ClN4O2/c1-12-3-4-15(7-17(12)21)27-18-5-6-23-25-11-16(13(2)19(18)25)20(26)24-9-14(8-22)10-24/h3-7,11,14H,9-10H2,1-2H3. The van der Waals surface area contributed by atoms with Crippen molar-refractivity contribution in [3.8, 4) is 17.6 Å². The summed E-state index contributed by atoms with van der Waals surface area (Å²) in [5.74, 6) is 1.05. The number of benzene rings is 1. The van der Waals surface area contributed by atoms with Gasteiger partial charge >= 0.3 is 0 Å². The van der Waals surface area contributed by atoms with Crippen LogP contribution < -0.4 is 4.74 Å². The normalized spacial score (nSPS) is 14.1. The molecule has 1 aliphatic rings. The topological polar surface area (TPSA) is 70.6 Å². The summed E-state index contributed by atoms with van der Waals surface area (Å²) in [5, 5.41) is 13.8. The Morgan fingerprint density at radius 2 is 2.11 bits per heavy atom. The molecule has 4 rings (SSSR count). The molecule has 1 aromatic carbocycles. The molecule has 0 unspecified atom stereocenters. The number of aryl methyl sites for hydroxylation is 2. The highest BCUT2D eigenvalue weighted by atomic mass is 35.5. The first kappa shape index (κ1) is 17.4. The van der Waals surface area contributed by atoms with Gasteiger partial charge in [-0.05, 0) is 37.1 Å². The SMILES string of the molecule is Cc1ccc(Oc2ccnn3cc(C(=O)N4CC(C#N)C4)c(C)c23)cc1Cl. The molecule has 6 nitrogen and oxygen atoms in total. The average molecular weight is 381 g/mol. The summed E-state index contributed by atoms with van der Waals surface area (Å²) in [4.78, 5) is 14.4. The number of ether oxygens (including phenoxy) is 1. The zero-order valence-electron chi connectivity index (χ0n) is 14.9. The number of nitriles is 1. The summed E-state index contributed by atoms with van der Waals surface area (Å²) in [5.41, 5.74) is 3.06. The Kier molecular flexibility index (Phi) is 4.25. The van der Waals surface area contributed by atoms with E-state index in [9.17, 15) is 4.79 Å². The summed E-state index contributed by atoms with van der Waals surface area (Å²) < 4.78 is 7.67. The Bertz CT molecular complexity index is 1090. The minimum Gasteiger partial charge on any atom is -0.455 e. The van der Waals surface area contributed by atoms with Crippen molar-refractivity contribution in [1.29, 1.82) is 5.26 Å². The number of aromatic nitrogens is 2. The molecule has 1 amide bonds. The fraction of sp³-hybridized carbons (Fsp3) is 0.250. The third-order valence-electron chi connectivity index (χ3n) is 4.84. The van der Waals surface area contributed by atoms with E-state index in [4.69, 9.17) is 21.6 Å². The van der Waals surface area contributed by atoms with Crippen LogP contribution in [0.25, 0.3) is 5.52 Å². The van der Waals surface area contributed by atoms with E-state index in [-0.39, 0.29) is 11.8 Å². The van der Waals surface area contributed by atoms with Crippen LogP contribution in [0, 0.1) is 31.1 Å². The number of halogens is 1. The molecule has 0 bridgehead atoms. The van der Waals surface area contributed by atoms with Gasteiger partial charge in [0.25, 0.3) is 5.91 Å². The lowest BCUT2D eigenvalue weighted by Gasteiger charge is -2.35. The maximum absolute atomic E-state index is 12.7. The summed E-state index contributed by atoms with van der Waals surface area (Å²) >= 11 is 6.19. The lowest BCUT2D eigenvalue weighted by atomic mass is 10.0. The first-order valence-corrected chi connectivity index (χ1v) is 8.95. The highest BCUT2D eigenvalue weighted by Crippen LogP contribution is 2.32. The van der Waals surface area contributed by atoms with Crippen LogP contribution in [0.1, 0.15) is 21.5 Å². The van der Waals surface area contributed by atoms with Crippen molar-refractivity contribution in [3.05, 3.63) is 58.4 Å². The van der Waals surface area contributed by atoms with Gasteiger partial charge in [0.1, 0.15) is 11.3 Å². The molecule has 7 heteroatoms. The van der Waals surface area contributed by atoms with Crippen LogP contribution in [0.15, 0.2) is 36.7 Å². The molecule has 0 saturated carbocycles. The van der Waals surface area contributed by atoms with E-state index in [1.807, 2.05) is 26.0 Å². The number of fused-ring (bicyclic) bond motifs is 1. The second-order valence-corrected chi connectivity index (χ2v) is 7.11. The van der Waals surface area contributed by atoms with Crippen molar-refractivity contribution in [2.45, 2.75) is 13.8 Å². The maximum Gasteiger partial charge on any atom is 0.255 e. The number of hydrogen-bond donors (Lipinski definition) is 0. The van der Waals surface area contributed by atoms with E-state index in [0.717, 1.165) is 16.6 Å². The zero-order valence-corrected chi connectivity index (χ0v) is 15.7. The van der Waals surface area contributed by atoms with Crippen molar-refractivity contribution in [1.82, 2.24) is 14.5 Å². The maximum atomic E-state index is 12.7. The molecular formula is C20H17ClN4O2. The third kappa shape index (κ3) is 3.00. The van der Waals surface area contributed by atoms with Gasteiger partial charge in [0.05, 0.1) is 23.7 Å². The van der Waals surface area contributed by atoms with Crippen LogP contribution in [-0.2, 0) is 0 Å². The van der Waals surface area contributed by atoms with Crippen molar-refractivity contribution in [2.24, 2.45) is 5.92 Å². The predicted molar refractivity (Wildman–Crippen MR) is 101 cm³/mol. The summed E-state index contributed by atoms with van der Waals surface area (Å²) in [6.45, 7) is 4.75. The quantitative estimate of drug-likeness (QED) is 0.688. The van der Waals surface area contributed by atoms with Crippen LogP contribution in [0.4, 0.5) is 0 Å². The molecule has 0 spiro atoms. The van der Waals surface area contributed by atoms with E-state index >= 15 is 0 Å². The number of amides is 1. The predicted octanol–water partition coefficient (Wildman–Crippen LogP) is 3.99. The van der Waals surface area contributed by atoms with Gasteiger partial charge in [0, 0.05) is 30.4 Å². The fourth-order valence-corrected chi connectivity index (χ4v) is 3.35. The highest BCUT2D eigenvalue weighted by Gasteiger charge is 2.32. The number of rotatable bonds is 3. The summed E-state index contributed by atoms with van der Waals surface area (Å²) in [7, 11) is 0. The first-order chi connectivity index (χ1) is 13.0. The van der Waals surface area contributed by atoms with E-state index in [0.29, 0.717) is 35.2 Å². The molecule has 1 saturated heterocycles. The summed E-state index contributed by atoms with van der Waals surface area (Å²) in [6.07, 6.45) is 3.34. The largest absolute Gasteiger partial charge is 0.455 e. The van der Waals surface area contributed by atoms with E-state index in [2.05, 4.69) is 11.2 Å². The Morgan fingerprint density at radius 3 is 2.81 bits per heavy atom. The first-order valence-electron chi connectivity index (χ1n) is 8.57. The molecule has 0 aliphatic carbocycles. The molecule has 2 aromatic heterocycles. The Labute approximate surface area is 161 Å². The second-order valence-electron chi connectivity index (χ2n) is 6.71. The number of nitrogens with zero attached hydrogens (tertiary/aromatic N) is 4.